The van der Waals surface area contributed by atoms with Crippen molar-refractivity contribution in [2.75, 3.05) is 6.54 Å². The lowest BCUT2D eigenvalue weighted by Crippen LogP contribution is -2.30. The number of aryl methyl sites for hydroxylation is 1. The Morgan fingerprint density at radius 2 is 1.86 bits per heavy atom. The van der Waals surface area contributed by atoms with Crippen molar-refractivity contribution in [1.29, 1.82) is 0 Å². The van der Waals surface area contributed by atoms with Gasteiger partial charge in [-0.2, -0.15) is 4.98 Å². The van der Waals surface area contributed by atoms with Crippen LogP contribution in [0.4, 0.5) is 0 Å². The molecule has 0 radical (unpaired) electrons. The Morgan fingerprint density at radius 3 is 2.64 bits per heavy atom. The second-order valence-corrected chi connectivity index (χ2v) is 10.2. The van der Waals surface area contributed by atoms with Crippen LogP contribution in [0.15, 0.2) is 82.6 Å². The largest absolute Gasteiger partial charge is 0.438 e. The Morgan fingerprint density at radius 1 is 1.08 bits per heavy atom. The standard InChI is InChI=1S/C27H20ClN3O3S2/c1-17-15-19(10-11-21(17)28)34-24-20(25(32)30-13-6-5-9-23(30)29-24)16-22-26(33)31(27(35)36-22)14-12-18-7-3-2-4-8-18/h2-11,13,15-16H,12,14H2,1H3/b22-16+. The molecule has 1 fully saturated rings. The first kappa shape index (κ1) is 24.2. The van der Waals surface area contributed by atoms with E-state index in [4.69, 9.17) is 28.6 Å². The lowest BCUT2D eigenvalue weighted by Gasteiger charge is -2.14. The number of hydrogen-bond acceptors (Lipinski definition) is 6. The van der Waals surface area contributed by atoms with Crippen molar-refractivity contribution in [3.8, 4) is 11.6 Å². The van der Waals surface area contributed by atoms with Crippen LogP contribution in [0.1, 0.15) is 16.7 Å². The summed E-state index contributed by atoms with van der Waals surface area (Å²) in [6.07, 6.45) is 3.82. The van der Waals surface area contributed by atoms with Gasteiger partial charge in [0.05, 0.1) is 4.91 Å². The van der Waals surface area contributed by atoms with Crippen LogP contribution in [-0.2, 0) is 11.2 Å². The molecule has 180 valence electrons. The molecule has 1 saturated heterocycles. The quantitative estimate of drug-likeness (QED) is 0.227. The van der Waals surface area contributed by atoms with E-state index in [1.54, 1.807) is 47.5 Å². The highest BCUT2D eigenvalue weighted by atomic mass is 35.5. The van der Waals surface area contributed by atoms with Gasteiger partial charge in [0, 0.05) is 17.8 Å². The maximum Gasteiger partial charge on any atom is 0.269 e. The number of amides is 1. The fourth-order valence-corrected chi connectivity index (χ4v) is 5.19. The van der Waals surface area contributed by atoms with Gasteiger partial charge < -0.3 is 4.74 Å². The van der Waals surface area contributed by atoms with Crippen molar-refractivity contribution in [3.63, 3.8) is 0 Å². The van der Waals surface area contributed by atoms with Gasteiger partial charge in [-0.3, -0.25) is 18.9 Å². The van der Waals surface area contributed by atoms with Crippen LogP contribution in [0.5, 0.6) is 11.6 Å². The molecule has 5 rings (SSSR count). The second-order valence-electron chi connectivity index (χ2n) is 8.15. The van der Waals surface area contributed by atoms with E-state index in [2.05, 4.69) is 4.98 Å². The fourth-order valence-electron chi connectivity index (χ4n) is 3.79. The van der Waals surface area contributed by atoms with Gasteiger partial charge in [-0.15, -0.1) is 0 Å². The third-order valence-corrected chi connectivity index (χ3v) is 7.50. The number of pyridine rings is 1. The molecule has 1 amide bonds. The molecular formula is C27H20ClN3O3S2. The zero-order valence-electron chi connectivity index (χ0n) is 19.2. The van der Waals surface area contributed by atoms with Gasteiger partial charge in [0.1, 0.15) is 21.3 Å². The van der Waals surface area contributed by atoms with Gasteiger partial charge >= 0.3 is 0 Å². The van der Waals surface area contributed by atoms with E-state index < -0.39 is 0 Å². The third-order valence-electron chi connectivity index (χ3n) is 5.69. The number of aromatic nitrogens is 2. The molecule has 4 aromatic rings. The summed E-state index contributed by atoms with van der Waals surface area (Å²) in [6.45, 7) is 2.31. The Kier molecular flexibility index (Phi) is 6.91. The van der Waals surface area contributed by atoms with E-state index in [-0.39, 0.29) is 22.9 Å². The highest BCUT2D eigenvalue weighted by Crippen LogP contribution is 2.34. The van der Waals surface area contributed by atoms with E-state index in [1.807, 2.05) is 37.3 Å². The van der Waals surface area contributed by atoms with Crippen LogP contribution in [0.25, 0.3) is 11.7 Å². The number of fused-ring (bicyclic) bond motifs is 1. The number of nitrogens with zero attached hydrogens (tertiary/aromatic N) is 3. The maximum absolute atomic E-state index is 13.4. The number of benzene rings is 2. The molecule has 1 aliphatic heterocycles. The summed E-state index contributed by atoms with van der Waals surface area (Å²) in [6, 6.07) is 20.3. The summed E-state index contributed by atoms with van der Waals surface area (Å²) < 4.78 is 7.91. The van der Waals surface area contributed by atoms with Crippen LogP contribution in [-0.4, -0.2) is 31.1 Å². The molecular weight excluding hydrogens is 514 g/mol. The summed E-state index contributed by atoms with van der Waals surface area (Å²) in [5.74, 6) is 0.336. The smallest absolute Gasteiger partial charge is 0.269 e. The Labute approximate surface area is 222 Å². The minimum Gasteiger partial charge on any atom is -0.438 e. The Bertz CT molecular complexity index is 1580. The molecule has 6 nitrogen and oxygen atoms in total. The average molecular weight is 534 g/mol. The molecule has 9 heteroatoms. The van der Waals surface area contributed by atoms with Crippen LogP contribution in [0.3, 0.4) is 0 Å². The van der Waals surface area contributed by atoms with Crippen molar-refractivity contribution >= 4 is 57.5 Å². The number of ether oxygens (including phenoxy) is 1. The molecule has 2 aromatic carbocycles. The number of rotatable bonds is 6. The predicted molar refractivity (Wildman–Crippen MR) is 148 cm³/mol. The molecule has 0 N–H and O–H groups in total. The first-order valence-corrected chi connectivity index (χ1v) is 12.8. The van der Waals surface area contributed by atoms with E-state index >= 15 is 0 Å². The lowest BCUT2D eigenvalue weighted by molar-refractivity contribution is -0.122. The van der Waals surface area contributed by atoms with E-state index in [1.165, 1.54) is 22.2 Å². The molecule has 0 aliphatic carbocycles. The van der Waals surface area contributed by atoms with E-state index in [0.717, 1.165) is 11.1 Å². The maximum atomic E-state index is 13.4. The lowest BCUT2D eigenvalue weighted by atomic mass is 10.1. The highest BCUT2D eigenvalue weighted by molar-refractivity contribution is 8.26. The molecule has 2 aromatic heterocycles. The predicted octanol–water partition coefficient (Wildman–Crippen LogP) is 5.89. The average Bonchev–Trinajstić information content (AvgIpc) is 3.15. The van der Waals surface area contributed by atoms with Crippen molar-refractivity contribution < 1.29 is 9.53 Å². The molecule has 3 heterocycles. The molecule has 0 atom stereocenters. The van der Waals surface area contributed by atoms with E-state index in [9.17, 15) is 9.59 Å². The van der Waals surface area contributed by atoms with Crippen molar-refractivity contribution in [1.82, 2.24) is 14.3 Å². The van der Waals surface area contributed by atoms with Crippen LogP contribution in [0, 0.1) is 6.92 Å². The summed E-state index contributed by atoms with van der Waals surface area (Å²) in [5, 5.41) is 0.605. The summed E-state index contributed by atoms with van der Waals surface area (Å²) >= 11 is 12.8. The minimum absolute atomic E-state index is 0.0995. The topological polar surface area (TPSA) is 63.9 Å². The van der Waals surface area contributed by atoms with Crippen LogP contribution >= 0.6 is 35.6 Å². The van der Waals surface area contributed by atoms with Gasteiger partial charge in [0.15, 0.2) is 0 Å². The summed E-state index contributed by atoms with van der Waals surface area (Å²) in [5.41, 5.74) is 2.18. The first-order valence-electron chi connectivity index (χ1n) is 11.2. The van der Waals surface area contributed by atoms with Gasteiger partial charge in [0.2, 0.25) is 5.88 Å². The van der Waals surface area contributed by atoms with Crippen molar-refractivity contribution in [2.45, 2.75) is 13.3 Å². The van der Waals surface area contributed by atoms with Crippen LogP contribution < -0.4 is 10.3 Å². The van der Waals surface area contributed by atoms with E-state index in [0.29, 0.717) is 38.6 Å². The van der Waals surface area contributed by atoms with Gasteiger partial charge in [-0.25, -0.2) is 0 Å². The number of thioether (sulfide) groups is 1. The van der Waals surface area contributed by atoms with Crippen molar-refractivity contribution in [2.24, 2.45) is 0 Å². The number of halogens is 1. The molecule has 0 spiro atoms. The van der Waals surface area contributed by atoms with Crippen LogP contribution in [0.2, 0.25) is 5.02 Å². The Hall–Kier alpha value is -3.46. The third kappa shape index (κ3) is 4.93. The minimum atomic E-state index is -0.351. The molecule has 0 saturated carbocycles. The number of carbonyl (C=O) groups is 1. The first-order chi connectivity index (χ1) is 17.4. The van der Waals surface area contributed by atoms with Gasteiger partial charge in [0.25, 0.3) is 11.5 Å². The number of thiocarbonyl (C=S) groups is 1. The molecule has 1 aliphatic rings. The highest BCUT2D eigenvalue weighted by Gasteiger charge is 2.32. The molecule has 36 heavy (non-hydrogen) atoms. The second kappa shape index (κ2) is 10.3. The zero-order chi connectivity index (χ0) is 25.2. The van der Waals surface area contributed by atoms with Gasteiger partial charge in [-0.1, -0.05) is 72.0 Å². The number of carbonyl (C=O) groups excluding carboxylic acids is 1. The fraction of sp³-hybridized carbons (Fsp3) is 0.111. The zero-order valence-corrected chi connectivity index (χ0v) is 21.6. The normalized spacial score (nSPS) is 14.7. The SMILES string of the molecule is Cc1cc(Oc2nc3ccccn3c(=O)c2/C=C2/SC(=S)N(CCc3ccccc3)C2=O)ccc1Cl. The molecule has 0 bridgehead atoms. The van der Waals surface area contributed by atoms with Crippen molar-refractivity contribution in [3.05, 3.63) is 110 Å². The Balaban J connectivity index is 1.51. The summed E-state index contributed by atoms with van der Waals surface area (Å²) in [7, 11) is 0. The van der Waals surface area contributed by atoms with Gasteiger partial charge in [-0.05, 0) is 60.9 Å². The monoisotopic (exact) mass is 533 g/mol. The summed E-state index contributed by atoms with van der Waals surface area (Å²) in [4.78, 5) is 33.1. The molecule has 0 unspecified atom stereocenters. The number of hydrogen-bond donors (Lipinski definition) is 0.